The molecule has 24 atom stereocenters. The van der Waals surface area contributed by atoms with Crippen molar-refractivity contribution < 1.29 is 66.9 Å². The SMILES string of the molecule is COC(=O)[C@]12CCC(C)(C)CC1C1=CCC3C4(C)CC[C@H](O[C@@H]5OC(C(C)=O)[C@@H](C)[C@H](O[C@@H]6OC[C@@H](C)[C@H](C)C6C)C5O[C@@H]5OC(COCc6ccccc6)[C@H](C)[C@H](C)C5OC(=O)c5ccccc5)[C@](C)(C=O)[C@@H]4CCC3(C)[C@]1(C)CC2O. The molecule has 5 aliphatic carbocycles. The number of hydrogen-bond donors (Lipinski definition) is 1. The number of aliphatic hydroxyl groups excluding tert-OH is 1. The van der Waals surface area contributed by atoms with Crippen LogP contribution in [0.4, 0.5) is 0 Å². The number of benzene rings is 2. The lowest BCUT2D eigenvalue weighted by Gasteiger charge is -2.71. The Morgan fingerprint density at radius 2 is 1.39 bits per heavy atom. The summed E-state index contributed by atoms with van der Waals surface area (Å²) in [5.74, 6) is -1.61. The van der Waals surface area contributed by atoms with Crippen LogP contribution in [0.1, 0.15) is 164 Å². The van der Waals surface area contributed by atoms with Crippen molar-refractivity contribution in [3.63, 3.8) is 0 Å². The van der Waals surface area contributed by atoms with Crippen LogP contribution >= 0.6 is 0 Å². The average Bonchev–Trinajstić information content (AvgIpc) is 2.11. The van der Waals surface area contributed by atoms with E-state index >= 15 is 0 Å². The molecule has 0 spiro atoms. The number of methoxy groups -OCH3 is 1. The quantitative estimate of drug-likeness (QED) is 0.0773. The van der Waals surface area contributed by atoms with Gasteiger partial charge in [-0.25, -0.2) is 4.79 Å². The lowest BCUT2D eigenvalue weighted by Crippen LogP contribution is -2.68. The van der Waals surface area contributed by atoms with Gasteiger partial charge in [-0.3, -0.25) is 9.59 Å². The summed E-state index contributed by atoms with van der Waals surface area (Å²) < 4.78 is 61.0. The molecular formula is C69H98O14. The molecule has 8 aliphatic rings. The van der Waals surface area contributed by atoms with Crippen molar-refractivity contribution in [1.29, 1.82) is 0 Å². The maximum absolute atomic E-state index is 14.4. The molecule has 0 amide bonds. The van der Waals surface area contributed by atoms with Gasteiger partial charge in [-0.2, -0.15) is 0 Å². The van der Waals surface area contributed by atoms with E-state index in [9.17, 15) is 24.3 Å². The third-order valence-electron chi connectivity index (χ3n) is 24.1. The first kappa shape index (κ1) is 62.2. The Hall–Kier alpha value is -3.86. The molecule has 2 aromatic carbocycles. The van der Waals surface area contributed by atoms with Crippen molar-refractivity contribution in [1.82, 2.24) is 0 Å². The molecule has 0 radical (unpaired) electrons. The topological polar surface area (TPSA) is 172 Å². The third-order valence-corrected chi connectivity index (χ3v) is 24.1. The van der Waals surface area contributed by atoms with E-state index in [2.05, 4.69) is 68.4 Å². The number of carbonyl (C=O) groups is 4. The van der Waals surface area contributed by atoms with Crippen LogP contribution in [0.3, 0.4) is 0 Å². The van der Waals surface area contributed by atoms with Crippen molar-refractivity contribution in [3.8, 4) is 0 Å². The molecule has 1 N–H and O–H groups in total. The second-order valence-electron chi connectivity index (χ2n) is 29.1. The number of aliphatic hydroxyl groups is 1. The largest absolute Gasteiger partial charge is 0.468 e. The summed E-state index contributed by atoms with van der Waals surface area (Å²) >= 11 is 0. The van der Waals surface area contributed by atoms with Crippen molar-refractivity contribution in [2.45, 2.75) is 216 Å². The minimum atomic E-state index is -1.25. The predicted molar refractivity (Wildman–Crippen MR) is 312 cm³/mol. The second kappa shape index (κ2) is 23.7. The van der Waals surface area contributed by atoms with Gasteiger partial charge in [0.05, 0.1) is 62.3 Å². The minimum Gasteiger partial charge on any atom is -0.468 e. The van der Waals surface area contributed by atoms with Crippen molar-refractivity contribution >= 4 is 24.0 Å². The number of ether oxygens (including phenoxy) is 9. The Morgan fingerprint density at radius 3 is 2.06 bits per heavy atom. The Bertz CT molecular complexity index is 2680. The fraction of sp³-hybridized carbons (Fsp3) is 0.739. The van der Waals surface area contributed by atoms with Crippen LogP contribution in [0.2, 0.25) is 0 Å². The number of allylic oxidation sites excluding steroid dienone is 2. The number of rotatable bonds is 15. The highest BCUT2D eigenvalue weighted by atomic mass is 16.8. The molecule has 3 heterocycles. The van der Waals surface area contributed by atoms with E-state index in [1.165, 1.54) is 19.6 Å². The smallest absolute Gasteiger partial charge is 0.338 e. The molecule has 0 aromatic heterocycles. The highest BCUT2D eigenvalue weighted by Crippen LogP contribution is 2.76. The van der Waals surface area contributed by atoms with E-state index in [1.54, 1.807) is 24.3 Å². The molecule has 0 bridgehead atoms. The van der Waals surface area contributed by atoms with E-state index in [0.29, 0.717) is 44.0 Å². The molecule has 83 heavy (non-hydrogen) atoms. The number of Topliss-reactive ketones (excluding diaryl/α,β-unsaturated/α-hetero) is 1. The van der Waals surface area contributed by atoms with Crippen LogP contribution in [-0.2, 0) is 63.6 Å². The van der Waals surface area contributed by atoms with Gasteiger partial charge in [-0.05, 0) is 140 Å². The summed E-state index contributed by atoms with van der Waals surface area (Å²) in [4.78, 5) is 56.6. The van der Waals surface area contributed by atoms with E-state index < -0.39 is 89.7 Å². The first-order valence-corrected chi connectivity index (χ1v) is 31.5. The first-order chi connectivity index (χ1) is 39.3. The lowest BCUT2D eigenvalue weighted by atomic mass is 9.33. The van der Waals surface area contributed by atoms with Gasteiger partial charge in [0.15, 0.2) is 30.8 Å². The second-order valence-corrected chi connectivity index (χ2v) is 29.1. The fourth-order valence-corrected chi connectivity index (χ4v) is 18.2. The van der Waals surface area contributed by atoms with E-state index in [1.807, 2.05) is 57.2 Å². The third kappa shape index (κ3) is 10.8. The Morgan fingerprint density at radius 1 is 0.711 bits per heavy atom. The molecule has 3 aliphatic heterocycles. The number of esters is 2. The summed E-state index contributed by atoms with van der Waals surface area (Å²) in [6.07, 6.45) is 0.903. The van der Waals surface area contributed by atoms with Gasteiger partial charge in [0.2, 0.25) is 0 Å². The Kier molecular flexibility index (Phi) is 17.7. The van der Waals surface area contributed by atoms with Gasteiger partial charge < -0.3 is 52.5 Å². The number of hydrogen-bond acceptors (Lipinski definition) is 14. The van der Waals surface area contributed by atoms with E-state index in [0.717, 1.165) is 50.4 Å². The highest BCUT2D eigenvalue weighted by Gasteiger charge is 2.72. The highest BCUT2D eigenvalue weighted by molar-refractivity contribution is 5.89. The van der Waals surface area contributed by atoms with Crippen LogP contribution in [0.15, 0.2) is 72.3 Å². The molecule has 458 valence electrons. The molecule has 4 saturated carbocycles. The molecule has 14 heteroatoms. The van der Waals surface area contributed by atoms with Gasteiger partial charge in [0, 0.05) is 17.8 Å². The Labute approximate surface area is 494 Å². The lowest BCUT2D eigenvalue weighted by molar-refractivity contribution is -0.378. The maximum atomic E-state index is 14.4. The average molecular weight is 1150 g/mol. The minimum absolute atomic E-state index is 0.00996. The summed E-state index contributed by atoms with van der Waals surface area (Å²) in [6.45, 7) is 29.0. The van der Waals surface area contributed by atoms with Crippen molar-refractivity contribution in [2.75, 3.05) is 20.3 Å². The van der Waals surface area contributed by atoms with Crippen molar-refractivity contribution in [2.24, 2.45) is 85.8 Å². The zero-order valence-corrected chi connectivity index (χ0v) is 52.1. The fourth-order valence-electron chi connectivity index (χ4n) is 18.2. The van der Waals surface area contributed by atoms with E-state index in [-0.39, 0.29) is 76.0 Å². The summed E-state index contributed by atoms with van der Waals surface area (Å²) in [5.41, 5.74) is -0.314. The first-order valence-electron chi connectivity index (χ1n) is 31.5. The monoisotopic (exact) mass is 1150 g/mol. The molecule has 2 aromatic rings. The van der Waals surface area contributed by atoms with Gasteiger partial charge >= 0.3 is 11.9 Å². The van der Waals surface area contributed by atoms with Crippen LogP contribution in [0.25, 0.3) is 0 Å². The number of ketones is 1. The Balaban J connectivity index is 0.995. The predicted octanol–water partition coefficient (Wildman–Crippen LogP) is 11.9. The number of fused-ring (bicyclic) bond motifs is 7. The summed E-state index contributed by atoms with van der Waals surface area (Å²) in [7, 11) is 1.45. The zero-order valence-electron chi connectivity index (χ0n) is 52.1. The van der Waals surface area contributed by atoms with Crippen LogP contribution in [-0.4, -0.2) is 111 Å². The van der Waals surface area contributed by atoms with E-state index in [4.69, 9.17) is 42.6 Å². The maximum Gasteiger partial charge on any atom is 0.338 e. The zero-order chi connectivity index (χ0) is 59.8. The number of carbonyl (C=O) groups excluding carboxylic acids is 4. The summed E-state index contributed by atoms with van der Waals surface area (Å²) in [6, 6.07) is 18.8. The molecular weight excluding hydrogens is 1050 g/mol. The normalized spacial score (nSPS) is 45.7. The van der Waals surface area contributed by atoms with Crippen molar-refractivity contribution in [3.05, 3.63) is 83.4 Å². The molecule has 10 rings (SSSR count). The molecule has 7 fully saturated rings. The molecule has 3 saturated heterocycles. The van der Waals surface area contributed by atoms with Gasteiger partial charge in [-0.15, -0.1) is 0 Å². The molecule has 10 unspecified atom stereocenters. The van der Waals surface area contributed by atoms with Gasteiger partial charge in [-0.1, -0.05) is 143 Å². The molecule has 14 nitrogen and oxygen atoms in total. The van der Waals surface area contributed by atoms with Gasteiger partial charge in [0.25, 0.3) is 0 Å². The standard InChI is InChI=1S/C69H98O14/c1-39-35-77-60(43(5)40(39)2)82-56-44(6)55(45(7)71)81-62(58(56)83-61-57(80-59(73)47-23-19-16-20-24-47)42(4)41(3)50(78-61)37-76-36-46-21-17-15-18-22-46)79-54-28-29-65(10)51(66(54,11)38-70)27-30-67(12)52(65)26-25-48-49-33-64(8,9)31-32-69(49,63(74)75-14)53(72)34-68(48,67)13/h15-25,38-44,49-58,60-62,72H,26-37H2,1-14H3/t39-,40+,41-,42+,43?,44-,49?,50?,51-,52?,53?,54+,55?,56+,57?,58?,60+,61+,62-,65?,66-,67?,68-,69-/m1/s1. The van der Waals surface area contributed by atoms with Crippen LogP contribution in [0.5, 0.6) is 0 Å². The number of aldehydes is 1. The summed E-state index contributed by atoms with van der Waals surface area (Å²) in [5, 5.41) is 12.5. The van der Waals surface area contributed by atoms with Crippen LogP contribution < -0.4 is 0 Å². The van der Waals surface area contributed by atoms with Crippen LogP contribution in [0, 0.1) is 85.8 Å². The van der Waals surface area contributed by atoms with Gasteiger partial charge in [0.1, 0.15) is 23.9 Å².